The van der Waals surface area contributed by atoms with Crippen molar-refractivity contribution in [3.05, 3.63) is 44.5 Å². The molecule has 2 unspecified atom stereocenters. The topological polar surface area (TPSA) is 91.7 Å². The fourth-order valence-electron chi connectivity index (χ4n) is 2.10. The summed E-state index contributed by atoms with van der Waals surface area (Å²) in [6.07, 6.45) is 1.99. The van der Waals surface area contributed by atoms with Crippen molar-refractivity contribution in [3.8, 4) is 0 Å². The Labute approximate surface area is 110 Å². The van der Waals surface area contributed by atoms with Crippen molar-refractivity contribution in [2.45, 2.75) is 32.7 Å². The second-order valence-electron chi connectivity index (χ2n) is 5.07. The highest BCUT2D eigenvalue weighted by Gasteiger charge is 2.11. The van der Waals surface area contributed by atoms with Crippen molar-refractivity contribution < 1.29 is 0 Å². The highest BCUT2D eigenvalue weighted by atomic mass is 16.2. The Hall–Kier alpha value is -1.88. The molecule has 0 saturated carbocycles. The molecule has 0 fully saturated rings. The van der Waals surface area contributed by atoms with E-state index in [4.69, 9.17) is 5.73 Å². The minimum atomic E-state index is -0.639. The van der Waals surface area contributed by atoms with Gasteiger partial charge in [0.15, 0.2) is 0 Å². The van der Waals surface area contributed by atoms with Gasteiger partial charge in [-0.1, -0.05) is 26.3 Å². The van der Waals surface area contributed by atoms with E-state index in [0.717, 1.165) is 18.4 Å². The molecule has 1 aromatic heterocycles. The molecule has 0 bridgehead atoms. The Kier molecular flexibility index (Phi) is 3.85. The lowest BCUT2D eigenvalue weighted by molar-refractivity contribution is 0.461. The summed E-state index contributed by atoms with van der Waals surface area (Å²) in [5.41, 5.74) is 7.09. The van der Waals surface area contributed by atoms with E-state index in [1.807, 2.05) is 12.1 Å². The third kappa shape index (κ3) is 2.93. The minimum absolute atomic E-state index is 0.0604. The number of aromatic nitrogens is 2. The Morgan fingerprint density at radius 1 is 1.16 bits per heavy atom. The lowest BCUT2D eigenvalue weighted by atomic mass is 9.95. The molecule has 19 heavy (non-hydrogen) atoms. The number of H-pyrrole nitrogens is 2. The van der Waals surface area contributed by atoms with Crippen LogP contribution in [0.3, 0.4) is 0 Å². The number of rotatable bonds is 4. The average Bonchev–Trinajstić information content (AvgIpc) is 2.39. The van der Waals surface area contributed by atoms with E-state index in [9.17, 15) is 9.59 Å². The number of fused-ring (bicyclic) bond motifs is 1. The van der Waals surface area contributed by atoms with Gasteiger partial charge in [-0.05, 0) is 30.0 Å². The van der Waals surface area contributed by atoms with E-state index in [1.165, 1.54) is 0 Å². The third-order valence-electron chi connectivity index (χ3n) is 3.53. The molecule has 1 aromatic carbocycles. The van der Waals surface area contributed by atoms with Crippen molar-refractivity contribution in [2.24, 2.45) is 11.7 Å². The Morgan fingerprint density at radius 2 is 1.79 bits per heavy atom. The smallest absolute Gasteiger partial charge is 0.314 e. The zero-order valence-electron chi connectivity index (χ0n) is 11.2. The van der Waals surface area contributed by atoms with Crippen molar-refractivity contribution in [1.29, 1.82) is 0 Å². The summed E-state index contributed by atoms with van der Waals surface area (Å²) >= 11 is 0. The Bertz CT molecular complexity index is 687. The molecular formula is C14H19N3O2. The summed E-state index contributed by atoms with van der Waals surface area (Å²) in [5, 5.41) is 0. The van der Waals surface area contributed by atoms with Gasteiger partial charge in [0.05, 0.1) is 11.0 Å². The molecule has 2 aromatic rings. The number of nitrogens with two attached hydrogens (primary N) is 1. The van der Waals surface area contributed by atoms with E-state index in [-0.39, 0.29) is 6.04 Å². The van der Waals surface area contributed by atoms with E-state index in [2.05, 4.69) is 23.8 Å². The first-order chi connectivity index (χ1) is 9.01. The maximum absolute atomic E-state index is 11.3. The Morgan fingerprint density at radius 3 is 2.42 bits per heavy atom. The van der Waals surface area contributed by atoms with E-state index in [0.29, 0.717) is 17.0 Å². The Balaban J connectivity index is 2.38. The van der Waals surface area contributed by atoms with Gasteiger partial charge in [-0.15, -0.1) is 0 Å². The van der Waals surface area contributed by atoms with Crippen LogP contribution in [0.25, 0.3) is 11.0 Å². The number of aromatic amines is 2. The van der Waals surface area contributed by atoms with Crippen LogP contribution in [0.15, 0.2) is 27.8 Å². The summed E-state index contributed by atoms with van der Waals surface area (Å²) < 4.78 is 0. The minimum Gasteiger partial charge on any atom is -0.324 e. The maximum atomic E-state index is 11.3. The van der Waals surface area contributed by atoms with Crippen LogP contribution in [-0.4, -0.2) is 9.97 Å². The first-order valence-electron chi connectivity index (χ1n) is 6.53. The van der Waals surface area contributed by atoms with Crippen LogP contribution >= 0.6 is 0 Å². The summed E-state index contributed by atoms with van der Waals surface area (Å²) in [6.45, 7) is 4.31. The fourth-order valence-corrected chi connectivity index (χ4v) is 2.10. The molecule has 1 heterocycles. The van der Waals surface area contributed by atoms with Crippen molar-refractivity contribution >= 4 is 11.0 Å². The summed E-state index contributed by atoms with van der Waals surface area (Å²) in [4.78, 5) is 27.6. The molecule has 0 saturated heterocycles. The quantitative estimate of drug-likeness (QED) is 0.731. The summed E-state index contributed by atoms with van der Waals surface area (Å²) in [6, 6.07) is 5.44. The van der Waals surface area contributed by atoms with Crippen molar-refractivity contribution in [3.63, 3.8) is 0 Å². The van der Waals surface area contributed by atoms with E-state index in [1.54, 1.807) is 6.07 Å². The second kappa shape index (κ2) is 5.40. The van der Waals surface area contributed by atoms with Gasteiger partial charge < -0.3 is 15.7 Å². The molecule has 0 radical (unpaired) electrons. The molecule has 0 spiro atoms. The van der Waals surface area contributed by atoms with Crippen LogP contribution in [0.2, 0.25) is 0 Å². The predicted octanol–water partition coefficient (Wildman–Crippen LogP) is 1.65. The number of hydrogen-bond acceptors (Lipinski definition) is 3. The molecule has 102 valence electrons. The normalized spacial score (nSPS) is 14.5. The lowest BCUT2D eigenvalue weighted by Gasteiger charge is -2.16. The zero-order chi connectivity index (χ0) is 14.0. The third-order valence-corrected chi connectivity index (χ3v) is 3.53. The molecule has 0 aliphatic rings. The van der Waals surface area contributed by atoms with Gasteiger partial charge in [0.2, 0.25) is 0 Å². The van der Waals surface area contributed by atoms with Crippen LogP contribution in [0.4, 0.5) is 0 Å². The van der Waals surface area contributed by atoms with Gasteiger partial charge in [-0.25, -0.2) is 0 Å². The van der Waals surface area contributed by atoms with Gasteiger partial charge in [-0.2, -0.15) is 0 Å². The maximum Gasteiger partial charge on any atom is 0.314 e. The number of nitrogens with one attached hydrogen (secondary N) is 2. The van der Waals surface area contributed by atoms with Gasteiger partial charge in [0.1, 0.15) is 0 Å². The van der Waals surface area contributed by atoms with E-state index >= 15 is 0 Å². The van der Waals surface area contributed by atoms with Crippen LogP contribution < -0.4 is 16.9 Å². The molecule has 5 heteroatoms. The van der Waals surface area contributed by atoms with Gasteiger partial charge in [0, 0.05) is 6.04 Å². The zero-order valence-corrected chi connectivity index (χ0v) is 11.2. The average molecular weight is 261 g/mol. The first kappa shape index (κ1) is 13.5. The molecule has 0 aliphatic carbocycles. The molecule has 4 N–H and O–H groups in total. The van der Waals surface area contributed by atoms with Crippen LogP contribution in [0.5, 0.6) is 0 Å². The molecule has 0 aliphatic heterocycles. The molecule has 2 atom stereocenters. The molecule has 0 amide bonds. The van der Waals surface area contributed by atoms with Gasteiger partial charge in [-0.3, -0.25) is 9.59 Å². The van der Waals surface area contributed by atoms with Crippen LogP contribution in [0, 0.1) is 5.92 Å². The second-order valence-corrected chi connectivity index (χ2v) is 5.07. The molecule has 2 rings (SSSR count). The number of hydrogen-bond donors (Lipinski definition) is 3. The lowest BCUT2D eigenvalue weighted by Crippen LogP contribution is -2.29. The van der Waals surface area contributed by atoms with Crippen LogP contribution in [0.1, 0.15) is 38.3 Å². The van der Waals surface area contributed by atoms with Gasteiger partial charge in [0.25, 0.3) is 0 Å². The number of benzene rings is 1. The monoisotopic (exact) mass is 261 g/mol. The van der Waals surface area contributed by atoms with Crippen molar-refractivity contribution in [1.82, 2.24) is 9.97 Å². The highest BCUT2D eigenvalue weighted by molar-refractivity contribution is 5.74. The largest absolute Gasteiger partial charge is 0.324 e. The predicted molar refractivity (Wildman–Crippen MR) is 76.2 cm³/mol. The van der Waals surface area contributed by atoms with Crippen LogP contribution in [-0.2, 0) is 0 Å². The summed E-state index contributed by atoms with van der Waals surface area (Å²) in [5.74, 6) is 0.556. The molecule has 5 nitrogen and oxygen atoms in total. The fraction of sp³-hybridized carbons (Fsp3) is 0.429. The molecular weight excluding hydrogens is 242 g/mol. The SMILES string of the molecule is CCC(C)CC(N)c1ccc2[nH]c(=O)c(=O)[nH]c2c1. The van der Waals surface area contributed by atoms with Crippen molar-refractivity contribution in [2.75, 3.05) is 0 Å². The summed E-state index contributed by atoms with van der Waals surface area (Å²) in [7, 11) is 0. The van der Waals surface area contributed by atoms with E-state index < -0.39 is 11.1 Å². The first-order valence-corrected chi connectivity index (χ1v) is 6.53. The van der Waals surface area contributed by atoms with Gasteiger partial charge >= 0.3 is 11.1 Å². The highest BCUT2D eigenvalue weighted by Crippen LogP contribution is 2.22. The standard InChI is InChI=1S/C14H19N3O2/c1-3-8(2)6-10(15)9-4-5-11-12(7-9)17-14(19)13(18)16-11/h4-5,7-8,10H,3,6,15H2,1-2H3,(H,16,18)(H,17,19).